The van der Waals surface area contributed by atoms with Gasteiger partial charge in [-0.2, -0.15) is 11.8 Å². The van der Waals surface area contributed by atoms with Crippen molar-refractivity contribution in [3.05, 3.63) is 34.9 Å². The van der Waals surface area contributed by atoms with Crippen molar-refractivity contribution in [1.29, 1.82) is 0 Å². The summed E-state index contributed by atoms with van der Waals surface area (Å²) in [4.78, 5) is 0. The van der Waals surface area contributed by atoms with Gasteiger partial charge in [0.05, 0.1) is 6.10 Å². The van der Waals surface area contributed by atoms with Crippen molar-refractivity contribution in [2.45, 2.75) is 44.5 Å². The molecule has 1 heterocycles. The molecule has 0 bridgehead atoms. The van der Waals surface area contributed by atoms with Crippen LogP contribution in [0.25, 0.3) is 0 Å². The van der Waals surface area contributed by atoms with Crippen molar-refractivity contribution in [1.82, 2.24) is 0 Å². The van der Waals surface area contributed by atoms with Gasteiger partial charge in [0.25, 0.3) is 0 Å². The molecule has 88 valence electrons. The second-order valence-electron chi connectivity index (χ2n) is 5.52. The molecule has 1 aromatic carbocycles. The molecule has 1 N–H and O–H groups in total. The molecule has 0 fully saturated rings. The van der Waals surface area contributed by atoms with Gasteiger partial charge in [-0.3, -0.25) is 0 Å². The SMILES string of the molecule is CC(C)(C)c1ccc2c(c1)[C@H](O)CCSC2. The summed E-state index contributed by atoms with van der Waals surface area (Å²) in [7, 11) is 0. The number of thioether (sulfide) groups is 1. The molecule has 0 radical (unpaired) electrons. The van der Waals surface area contributed by atoms with Gasteiger partial charge in [-0.15, -0.1) is 0 Å². The molecule has 1 atom stereocenters. The quantitative estimate of drug-likeness (QED) is 0.742. The van der Waals surface area contributed by atoms with E-state index in [9.17, 15) is 5.11 Å². The predicted molar refractivity (Wildman–Crippen MR) is 70.9 cm³/mol. The van der Waals surface area contributed by atoms with Crippen LogP contribution in [0, 0.1) is 0 Å². The highest BCUT2D eigenvalue weighted by molar-refractivity contribution is 7.98. The maximum absolute atomic E-state index is 10.1. The minimum absolute atomic E-state index is 0.161. The molecular formula is C14H20OS. The van der Waals surface area contributed by atoms with E-state index < -0.39 is 0 Å². The minimum atomic E-state index is -0.271. The zero-order chi connectivity index (χ0) is 11.8. The first kappa shape index (κ1) is 12.0. The van der Waals surface area contributed by atoms with Gasteiger partial charge in [-0.25, -0.2) is 0 Å². The van der Waals surface area contributed by atoms with E-state index in [1.54, 1.807) is 0 Å². The van der Waals surface area contributed by atoms with Crippen molar-refractivity contribution < 1.29 is 5.11 Å². The summed E-state index contributed by atoms with van der Waals surface area (Å²) in [6, 6.07) is 6.60. The first-order valence-corrected chi connectivity index (χ1v) is 7.03. The molecule has 1 aromatic rings. The van der Waals surface area contributed by atoms with Gasteiger partial charge in [-0.1, -0.05) is 39.0 Å². The molecule has 1 aliphatic rings. The van der Waals surface area contributed by atoms with E-state index in [0.717, 1.165) is 23.5 Å². The second kappa shape index (κ2) is 4.42. The number of hydrogen-bond acceptors (Lipinski definition) is 2. The first-order chi connectivity index (χ1) is 7.48. The lowest BCUT2D eigenvalue weighted by atomic mass is 9.84. The van der Waals surface area contributed by atoms with Gasteiger partial charge in [0.15, 0.2) is 0 Å². The van der Waals surface area contributed by atoms with Crippen LogP contribution in [-0.2, 0) is 11.2 Å². The van der Waals surface area contributed by atoms with E-state index in [4.69, 9.17) is 0 Å². The van der Waals surface area contributed by atoms with E-state index in [-0.39, 0.29) is 11.5 Å². The zero-order valence-electron chi connectivity index (χ0n) is 10.3. The Morgan fingerprint density at radius 1 is 1.31 bits per heavy atom. The smallest absolute Gasteiger partial charge is 0.0801 e. The summed E-state index contributed by atoms with van der Waals surface area (Å²) >= 11 is 1.92. The highest BCUT2D eigenvalue weighted by Gasteiger charge is 2.20. The fourth-order valence-corrected chi connectivity index (χ4v) is 3.05. The van der Waals surface area contributed by atoms with Gasteiger partial charge in [0.2, 0.25) is 0 Å². The molecular weight excluding hydrogens is 216 g/mol. The summed E-state index contributed by atoms with van der Waals surface area (Å²) in [6.45, 7) is 6.64. The zero-order valence-corrected chi connectivity index (χ0v) is 11.1. The van der Waals surface area contributed by atoms with Gasteiger partial charge >= 0.3 is 0 Å². The molecule has 0 unspecified atom stereocenters. The van der Waals surface area contributed by atoms with E-state index in [1.165, 1.54) is 11.1 Å². The monoisotopic (exact) mass is 236 g/mol. The number of hydrogen-bond donors (Lipinski definition) is 1. The third-order valence-corrected chi connectivity index (χ3v) is 4.20. The molecule has 2 heteroatoms. The highest BCUT2D eigenvalue weighted by Crippen LogP contribution is 2.33. The fraction of sp³-hybridized carbons (Fsp3) is 0.571. The van der Waals surface area contributed by atoms with Crippen molar-refractivity contribution >= 4 is 11.8 Å². The Bertz CT molecular complexity index is 379. The van der Waals surface area contributed by atoms with Gasteiger partial charge < -0.3 is 5.11 Å². The molecule has 0 aliphatic carbocycles. The standard InChI is InChI=1S/C14H20OS/c1-14(2,3)11-5-4-10-9-16-7-6-13(15)12(10)8-11/h4-5,8,13,15H,6-7,9H2,1-3H3/t13-/m1/s1. The van der Waals surface area contributed by atoms with Crippen LogP contribution >= 0.6 is 11.8 Å². The minimum Gasteiger partial charge on any atom is -0.388 e. The highest BCUT2D eigenvalue weighted by atomic mass is 32.2. The molecule has 0 spiro atoms. The lowest BCUT2D eigenvalue weighted by Crippen LogP contribution is -2.12. The van der Waals surface area contributed by atoms with Crippen LogP contribution in [-0.4, -0.2) is 10.9 Å². The van der Waals surface area contributed by atoms with Crippen molar-refractivity contribution in [2.75, 3.05) is 5.75 Å². The first-order valence-electron chi connectivity index (χ1n) is 5.87. The van der Waals surface area contributed by atoms with Crippen molar-refractivity contribution in [3.8, 4) is 0 Å². The number of benzene rings is 1. The second-order valence-corrected chi connectivity index (χ2v) is 6.63. The maximum Gasteiger partial charge on any atom is 0.0801 e. The number of aliphatic hydroxyl groups excluding tert-OH is 1. The van der Waals surface area contributed by atoms with E-state index >= 15 is 0 Å². The Morgan fingerprint density at radius 3 is 2.75 bits per heavy atom. The van der Waals surface area contributed by atoms with Crippen molar-refractivity contribution in [2.24, 2.45) is 0 Å². The third-order valence-electron chi connectivity index (χ3n) is 3.16. The molecule has 0 amide bonds. The largest absolute Gasteiger partial charge is 0.388 e. The molecule has 2 rings (SSSR count). The summed E-state index contributed by atoms with van der Waals surface area (Å²) < 4.78 is 0. The summed E-state index contributed by atoms with van der Waals surface area (Å²) in [5, 5.41) is 10.1. The van der Waals surface area contributed by atoms with Crippen LogP contribution in [0.4, 0.5) is 0 Å². The fourth-order valence-electron chi connectivity index (χ4n) is 2.04. The number of aliphatic hydroxyl groups is 1. The normalized spacial score (nSPS) is 21.4. The van der Waals surface area contributed by atoms with Gasteiger partial charge in [0.1, 0.15) is 0 Å². The van der Waals surface area contributed by atoms with E-state index in [0.29, 0.717) is 0 Å². The van der Waals surface area contributed by atoms with E-state index in [2.05, 4.69) is 39.0 Å². The summed E-state index contributed by atoms with van der Waals surface area (Å²) in [5.41, 5.74) is 3.94. The Morgan fingerprint density at radius 2 is 2.06 bits per heavy atom. The summed E-state index contributed by atoms with van der Waals surface area (Å²) in [5.74, 6) is 2.09. The third kappa shape index (κ3) is 2.44. The van der Waals surface area contributed by atoms with Crippen LogP contribution in [0.1, 0.15) is 50.0 Å². The van der Waals surface area contributed by atoms with Crippen LogP contribution in [0.2, 0.25) is 0 Å². The topological polar surface area (TPSA) is 20.2 Å². The average Bonchev–Trinajstić information content (AvgIpc) is 2.39. The Labute approximate surface area is 102 Å². The van der Waals surface area contributed by atoms with Crippen LogP contribution in [0.5, 0.6) is 0 Å². The lowest BCUT2D eigenvalue weighted by molar-refractivity contribution is 0.175. The number of rotatable bonds is 0. The molecule has 16 heavy (non-hydrogen) atoms. The molecule has 0 aromatic heterocycles. The average molecular weight is 236 g/mol. The molecule has 0 saturated heterocycles. The van der Waals surface area contributed by atoms with Gasteiger partial charge in [0, 0.05) is 5.75 Å². The maximum atomic E-state index is 10.1. The Balaban J connectivity index is 2.43. The lowest BCUT2D eigenvalue weighted by Gasteiger charge is -2.22. The molecule has 0 saturated carbocycles. The van der Waals surface area contributed by atoms with Crippen LogP contribution in [0.15, 0.2) is 18.2 Å². The van der Waals surface area contributed by atoms with Gasteiger partial charge in [-0.05, 0) is 34.3 Å². The Kier molecular flexibility index (Phi) is 3.32. The molecule has 1 nitrogen and oxygen atoms in total. The predicted octanol–water partition coefficient (Wildman–Crippen LogP) is 3.65. The number of fused-ring (bicyclic) bond motifs is 1. The molecule has 1 aliphatic heterocycles. The van der Waals surface area contributed by atoms with E-state index in [1.807, 2.05) is 11.8 Å². The Hall–Kier alpha value is -0.470. The van der Waals surface area contributed by atoms with Crippen molar-refractivity contribution in [3.63, 3.8) is 0 Å². The van der Waals surface area contributed by atoms with Crippen LogP contribution in [0.3, 0.4) is 0 Å². The summed E-state index contributed by atoms with van der Waals surface area (Å²) in [6.07, 6.45) is 0.609. The van der Waals surface area contributed by atoms with Crippen LogP contribution < -0.4 is 0 Å².